The Kier molecular flexibility index (Phi) is 4.80. The maximum Gasteiger partial charge on any atom is 0.144 e. The molecule has 0 radical (unpaired) electrons. The average molecular weight is 275 g/mol. The predicted molar refractivity (Wildman–Crippen MR) is 71.3 cm³/mol. The Balaban J connectivity index is 2.99. The van der Waals surface area contributed by atoms with Gasteiger partial charge in [0, 0.05) is 6.20 Å². The Hall–Kier alpha value is -0.780. The van der Waals surface area contributed by atoms with E-state index in [1.165, 1.54) is 13.3 Å². The molecule has 17 heavy (non-hydrogen) atoms. The highest BCUT2D eigenvalue weighted by molar-refractivity contribution is 7.91. The molecule has 0 amide bonds. The number of methoxy groups -OCH3 is 1. The average Bonchev–Trinajstić information content (AvgIpc) is 2.25. The fourth-order valence-electron chi connectivity index (χ4n) is 0.985. The van der Waals surface area contributed by atoms with Crippen LogP contribution in [0.4, 0.5) is 0 Å². The van der Waals surface area contributed by atoms with E-state index in [2.05, 4.69) is 9.38 Å². The molecular weight excluding hydrogens is 260 g/mol. The molecule has 0 aliphatic heterocycles. The Labute approximate surface area is 109 Å². The number of aromatic nitrogens is 1. The number of rotatable bonds is 3. The van der Waals surface area contributed by atoms with Crippen molar-refractivity contribution in [2.24, 2.45) is 4.40 Å². The molecule has 1 heterocycles. The van der Waals surface area contributed by atoms with Crippen molar-refractivity contribution in [1.82, 2.24) is 4.98 Å². The molecule has 0 fully saturated rings. The number of hydrogen-bond donors (Lipinski definition) is 0. The molecule has 0 spiro atoms. The summed E-state index contributed by atoms with van der Waals surface area (Å²) >= 11 is 4.60. The molecule has 0 N–H and O–H groups in total. The van der Waals surface area contributed by atoms with Crippen LogP contribution in [0.5, 0.6) is 5.75 Å². The highest BCUT2D eigenvalue weighted by atomic mass is 35.5. The zero-order valence-electron chi connectivity index (χ0n) is 10.2. The van der Waals surface area contributed by atoms with Crippen LogP contribution in [0.1, 0.15) is 26.3 Å². The summed E-state index contributed by atoms with van der Waals surface area (Å²) in [5.41, 5.74) is 0.536. The third-order valence-corrected chi connectivity index (χ3v) is 3.57. The van der Waals surface area contributed by atoms with E-state index in [9.17, 15) is 4.55 Å². The minimum Gasteiger partial charge on any atom is -0.591 e. The first kappa shape index (κ1) is 14.3. The third-order valence-electron chi connectivity index (χ3n) is 1.92. The van der Waals surface area contributed by atoms with Gasteiger partial charge in [-0.25, -0.2) is 4.98 Å². The van der Waals surface area contributed by atoms with Gasteiger partial charge in [0.15, 0.2) is 0 Å². The van der Waals surface area contributed by atoms with Crippen LogP contribution < -0.4 is 4.74 Å². The van der Waals surface area contributed by atoms with E-state index in [1.807, 2.05) is 20.8 Å². The van der Waals surface area contributed by atoms with E-state index in [-0.39, 0.29) is 5.15 Å². The van der Waals surface area contributed by atoms with Gasteiger partial charge in [-0.15, -0.1) is 0 Å². The zero-order chi connectivity index (χ0) is 13.1. The minimum atomic E-state index is -1.33. The molecule has 0 unspecified atom stereocenters. The number of ether oxygens (including phenoxy) is 1. The Morgan fingerprint density at radius 3 is 2.71 bits per heavy atom. The molecule has 1 aromatic rings. The fraction of sp³-hybridized carbons (Fsp3) is 0.455. The topological polar surface area (TPSA) is 57.5 Å². The standard InChI is InChI=1S/C11H15ClN2O2S/c1-11(2,3)17(15)14-7-8-9(16-4)5-6-13-10(8)12/h5-7H,1-4H3/t17-/m0/s1. The summed E-state index contributed by atoms with van der Waals surface area (Å²) in [7, 11) is 1.53. The normalized spacial score (nSPS) is 14.0. The minimum absolute atomic E-state index is 0.277. The lowest BCUT2D eigenvalue weighted by molar-refractivity contribution is 0.413. The molecule has 6 heteroatoms. The van der Waals surface area contributed by atoms with E-state index in [4.69, 9.17) is 16.3 Å². The van der Waals surface area contributed by atoms with E-state index in [0.717, 1.165) is 0 Å². The molecule has 0 saturated carbocycles. The van der Waals surface area contributed by atoms with E-state index in [0.29, 0.717) is 11.3 Å². The summed E-state index contributed by atoms with van der Waals surface area (Å²) in [6.45, 7) is 5.55. The van der Waals surface area contributed by atoms with Crippen molar-refractivity contribution in [3.63, 3.8) is 0 Å². The first-order chi connectivity index (χ1) is 7.86. The summed E-state index contributed by atoms with van der Waals surface area (Å²) in [6.07, 6.45) is 2.98. The molecular formula is C11H15ClN2O2S. The summed E-state index contributed by atoms with van der Waals surface area (Å²) < 4.78 is 20.5. The molecule has 0 saturated heterocycles. The van der Waals surface area contributed by atoms with Gasteiger partial charge in [0.25, 0.3) is 0 Å². The summed E-state index contributed by atoms with van der Waals surface area (Å²) in [4.78, 5) is 3.92. The zero-order valence-corrected chi connectivity index (χ0v) is 11.8. The van der Waals surface area contributed by atoms with E-state index < -0.39 is 16.1 Å². The van der Waals surface area contributed by atoms with Gasteiger partial charge in [-0.3, -0.25) is 0 Å². The van der Waals surface area contributed by atoms with Crippen LogP contribution in [0.25, 0.3) is 0 Å². The maximum absolute atomic E-state index is 11.8. The van der Waals surface area contributed by atoms with Gasteiger partial charge in [0.05, 0.1) is 18.9 Å². The fourth-order valence-corrected chi connectivity index (χ4v) is 1.70. The lowest BCUT2D eigenvalue weighted by Gasteiger charge is -2.17. The largest absolute Gasteiger partial charge is 0.591 e. The molecule has 0 bridgehead atoms. The highest BCUT2D eigenvalue weighted by Crippen LogP contribution is 2.23. The van der Waals surface area contributed by atoms with Crippen LogP contribution >= 0.6 is 11.6 Å². The van der Waals surface area contributed by atoms with Gasteiger partial charge in [0.2, 0.25) is 0 Å². The van der Waals surface area contributed by atoms with Crippen molar-refractivity contribution in [3.05, 3.63) is 23.0 Å². The second kappa shape index (κ2) is 5.71. The van der Waals surface area contributed by atoms with Crippen LogP contribution in [0.15, 0.2) is 16.7 Å². The molecule has 0 aliphatic rings. The van der Waals surface area contributed by atoms with Crippen LogP contribution in [0.3, 0.4) is 0 Å². The monoisotopic (exact) mass is 274 g/mol. The Bertz CT molecular complexity index is 418. The van der Waals surface area contributed by atoms with Crippen molar-refractivity contribution in [3.8, 4) is 5.75 Å². The van der Waals surface area contributed by atoms with Crippen molar-refractivity contribution in [1.29, 1.82) is 0 Å². The van der Waals surface area contributed by atoms with Gasteiger partial charge < -0.3 is 9.29 Å². The predicted octanol–water partition coefficient (Wildman–Crippen LogP) is 2.62. The SMILES string of the molecule is COc1ccnc(Cl)c1C=N[S@@+]([O-])C(C)(C)C. The van der Waals surface area contributed by atoms with Gasteiger partial charge in [-0.2, -0.15) is 0 Å². The van der Waals surface area contributed by atoms with Gasteiger partial charge in [-0.05, 0) is 26.8 Å². The van der Waals surface area contributed by atoms with Crippen molar-refractivity contribution in [2.45, 2.75) is 25.5 Å². The number of halogens is 1. The molecule has 0 aliphatic carbocycles. The van der Waals surface area contributed by atoms with Gasteiger partial charge in [-0.1, -0.05) is 16.0 Å². The molecule has 1 aromatic heterocycles. The van der Waals surface area contributed by atoms with Gasteiger partial charge in [0.1, 0.15) is 27.0 Å². The summed E-state index contributed by atoms with van der Waals surface area (Å²) in [5.74, 6) is 0.555. The first-order valence-electron chi connectivity index (χ1n) is 5.01. The van der Waals surface area contributed by atoms with Crippen LogP contribution in [-0.4, -0.2) is 27.6 Å². The van der Waals surface area contributed by atoms with Crippen molar-refractivity contribution < 1.29 is 9.29 Å². The first-order valence-corrected chi connectivity index (χ1v) is 6.49. The van der Waals surface area contributed by atoms with Crippen LogP contribution in [-0.2, 0) is 11.4 Å². The Morgan fingerprint density at radius 1 is 1.53 bits per heavy atom. The van der Waals surface area contributed by atoms with Gasteiger partial charge >= 0.3 is 0 Å². The smallest absolute Gasteiger partial charge is 0.144 e. The van der Waals surface area contributed by atoms with Crippen LogP contribution in [0.2, 0.25) is 5.15 Å². The second-order valence-electron chi connectivity index (χ2n) is 4.31. The van der Waals surface area contributed by atoms with Crippen LogP contribution in [0, 0.1) is 0 Å². The molecule has 1 atom stereocenters. The summed E-state index contributed by atoms with van der Waals surface area (Å²) in [5, 5.41) is 0.277. The molecule has 4 nitrogen and oxygen atoms in total. The lowest BCUT2D eigenvalue weighted by atomic mass is 10.3. The Morgan fingerprint density at radius 2 is 2.18 bits per heavy atom. The number of pyridine rings is 1. The van der Waals surface area contributed by atoms with E-state index >= 15 is 0 Å². The third kappa shape index (κ3) is 3.87. The maximum atomic E-state index is 11.8. The molecule has 94 valence electrons. The molecule has 0 aromatic carbocycles. The lowest BCUT2D eigenvalue weighted by Crippen LogP contribution is -2.25. The quantitative estimate of drug-likeness (QED) is 0.484. The number of nitrogens with zero attached hydrogens (tertiary/aromatic N) is 2. The summed E-state index contributed by atoms with van der Waals surface area (Å²) in [6, 6.07) is 1.67. The second-order valence-corrected chi connectivity index (χ2v) is 6.61. The van der Waals surface area contributed by atoms with Crippen molar-refractivity contribution >= 4 is 29.2 Å². The van der Waals surface area contributed by atoms with Crippen molar-refractivity contribution in [2.75, 3.05) is 7.11 Å². The van der Waals surface area contributed by atoms with E-state index in [1.54, 1.807) is 12.3 Å². The number of hydrogen-bond acceptors (Lipinski definition) is 4. The molecule has 1 rings (SSSR count). The highest BCUT2D eigenvalue weighted by Gasteiger charge is 2.26.